The van der Waals surface area contributed by atoms with Gasteiger partial charge in [0.25, 0.3) is 0 Å². The lowest BCUT2D eigenvalue weighted by molar-refractivity contribution is 0.185. The molecule has 1 aliphatic heterocycles. The van der Waals surface area contributed by atoms with Crippen LogP contribution in [0.1, 0.15) is 22.3 Å². The van der Waals surface area contributed by atoms with E-state index in [1.165, 1.54) is 27.9 Å². The average molecular weight is 325 g/mol. The molecule has 24 heavy (non-hydrogen) atoms. The molecular weight excluding hydrogens is 298 g/mol. The summed E-state index contributed by atoms with van der Waals surface area (Å²) in [6.07, 6.45) is -0.164. The van der Waals surface area contributed by atoms with E-state index in [-0.39, 0.29) is 6.29 Å². The van der Waals surface area contributed by atoms with Gasteiger partial charge in [0.2, 0.25) is 0 Å². The van der Waals surface area contributed by atoms with E-state index < -0.39 is 0 Å². The Hall–Kier alpha value is -2.04. The van der Waals surface area contributed by atoms with Gasteiger partial charge in [-0.1, -0.05) is 35.9 Å². The zero-order valence-corrected chi connectivity index (χ0v) is 15.0. The highest BCUT2D eigenvalue weighted by Gasteiger charge is 2.31. The molecule has 1 atom stereocenters. The van der Waals surface area contributed by atoms with Crippen LogP contribution in [0.3, 0.4) is 0 Å². The van der Waals surface area contributed by atoms with Gasteiger partial charge >= 0.3 is 0 Å². The van der Waals surface area contributed by atoms with Gasteiger partial charge in [-0.2, -0.15) is 0 Å². The van der Waals surface area contributed by atoms with Crippen LogP contribution in [0.25, 0.3) is 0 Å². The van der Waals surface area contributed by atoms with Gasteiger partial charge in [0.05, 0.1) is 6.61 Å². The number of hydrogen-bond acceptors (Lipinski definition) is 4. The highest BCUT2D eigenvalue weighted by Crippen LogP contribution is 2.33. The summed E-state index contributed by atoms with van der Waals surface area (Å²) in [5.41, 5.74) is 14.1. The molecule has 0 spiro atoms. The van der Waals surface area contributed by atoms with Crippen LogP contribution in [0.2, 0.25) is 0 Å². The molecule has 128 valence electrons. The molecule has 0 aromatic heterocycles. The predicted molar refractivity (Wildman–Crippen MR) is 100 cm³/mol. The highest BCUT2D eigenvalue weighted by atomic mass is 16.5. The van der Waals surface area contributed by atoms with Crippen LogP contribution in [0.4, 0.5) is 11.4 Å². The first kappa shape index (κ1) is 16.8. The maximum atomic E-state index is 6.64. The van der Waals surface area contributed by atoms with Gasteiger partial charge in [-0.15, -0.1) is 0 Å². The molecule has 1 heterocycles. The third-order valence-electron chi connectivity index (χ3n) is 4.74. The first-order valence-corrected chi connectivity index (χ1v) is 8.46. The lowest BCUT2D eigenvalue weighted by Gasteiger charge is -2.32. The number of anilines is 2. The second-order valence-corrected chi connectivity index (χ2v) is 6.61. The van der Waals surface area contributed by atoms with Crippen molar-refractivity contribution >= 4 is 11.4 Å². The summed E-state index contributed by atoms with van der Waals surface area (Å²) >= 11 is 0. The number of nitrogens with two attached hydrogens (primary N) is 1. The normalized spacial score (nSPS) is 17.6. The Morgan fingerprint density at radius 3 is 2.33 bits per heavy atom. The number of nitrogens with zero attached hydrogens (tertiary/aromatic N) is 2. The van der Waals surface area contributed by atoms with Gasteiger partial charge in [-0.3, -0.25) is 5.73 Å². The number of hydrogen-bond donors (Lipinski definition) is 1. The van der Waals surface area contributed by atoms with Crippen LogP contribution in [0.5, 0.6) is 0 Å². The van der Waals surface area contributed by atoms with E-state index in [0.29, 0.717) is 6.61 Å². The van der Waals surface area contributed by atoms with Crippen LogP contribution < -0.4 is 15.5 Å². The fraction of sp³-hybridized carbons (Fsp3) is 0.400. The SMILES string of the molecule is COCc1ccccc1N1CCN(c2c(C)cc(C)cc2C)C1N. The molecule has 2 N–H and O–H groups in total. The first-order valence-electron chi connectivity index (χ1n) is 8.46. The quantitative estimate of drug-likeness (QED) is 0.936. The summed E-state index contributed by atoms with van der Waals surface area (Å²) in [5, 5.41) is 0. The molecule has 0 bridgehead atoms. The van der Waals surface area contributed by atoms with E-state index in [1.54, 1.807) is 7.11 Å². The summed E-state index contributed by atoms with van der Waals surface area (Å²) in [6.45, 7) is 8.91. The van der Waals surface area contributed by atoms with Crippen molar-refractivity contribution in [3.8, 4) is 0 Å². The fourth-order valence-electron chi connectivity index (χ4n) is 3.85. The lowest BCUT2D eigenvalue weighted by Crippen LogP contribution is -2.47. The Morgan fingerprint density at radius 1 is 1.04 bits per heavy atom. The third-order valence-corrected chi connectivity index (χ3v) is 4.74. The van der Waals surface area contributed by atoms with Crippen molar-refractivity contribution in [3.05, 3.63) is 58.7 Å². The Labute approximate surface area is 144 Å². The molecule has 2 aromatic rings. The summed E-state index contributed by atoms with van der Waals surface area (Å²) in [4.78, 5) is 4.58. The Kier molecular flexibility index (Phi) is 4.78. The fourth-order valence-corrected chi connectivity index (χ4v) is 3.85. The maximum Gasteiger partial charge on any atom is 0.155 e. The van der Waals surface area contributed by atoms with Crippen LogP contribution >= 0.6 is 0 Å². The number of rotatable bonds is 4. The third kappa shape index (κ3) is 2.99. The molecule has 2 aromatic carbocycles. The van der Waals surface area contributed by atoms with E-state index in [1.807, 2.05) is 6.07 Å². The number of para-hydroxylation sites is 1. The minimum Gasteiger partial charge on any atom is -0.380 e. The van der Waals surface area contributed by atoms with E-state index >= 15 is 0 Å². The average Bonchev–Trinajstić information content (AvgIpc) is 2.89. The molecule has 4 heteroatoms. The van der Waals surface area contributed by atoms with Gasteiger partial charge in [-0.25, -0.2) is 0 Å². The predicted octanol–water partition coefficient (Wildman–Crippen LogP) is 3.33. The smallest absolute Gasteiger partial charge is 0.155 e. The van der Waals surface area contributed by atoms with E-state index in [0.717, 1.165) is 18.8 Å². The van der Waals surface area contributed by atoms with Crippen molar-refractivity contribution in [2.24, 2.45) is 5.73 Å². The van der Waals surface area contributed by atoms with Gasteiger partial charge in [0, 0.05) is 37.1 Å². The van der Waals surface area contributed by atoms with Crippen molar-refractivity contribution < 1.29 is 4.74 Å². The zero-order chi connectivity index (χ0) is 17.3. The van der Waals surface area contributed by atoms with Crippen LogP contribution in [0, 0.1) is 20.8 Å². The number of ether oxygens (including phenoxy) is 1. The molecule has 0 saturated carbocycles. The Bertz CT molecular complexity index is 706. The molecule has 1 fully saturated rings. The van der Waals surface area contributed by atoms with Gasteiger partial charge in [0.15, 0.2) is 6.29 Å². The molecule has 1 aliphatic rings. The highest BCUT2D eigenvalue weighted by molar-refractivity contribution is 5.65. The molecule has 0 amide bonds. The van der Waals surface area contributed by atoms with Crippen LogP contribution in [-0.2, 0) is 11.3 Å². The standard InChI is InChI=1S/C20H27N3O/c1-14-11-15(2)19(16(3)12-14)23-10-9-22(20(23)21)18-8-6-5-7-17(18)13-24-4/h5-8,11-12,20H,9-10,13,21H2,1-4H3. The Balaban J connectivity index is 1.93. The molecule has 1 unspecified atom stereocenters. The maximum absolute atomic E-state index is 6.64. The second-order valence-electron chi connectivity index (χ2n) is 6.61. The lowest BCUT2D eigenvalue weighted by atomic mass is 10.0. The minimum absolute atomic E-state index is 0.164. The summed E-state index contributed by atoms with van der Waals surface area (Å²) in [5.74, 6) is 0. The monoisotopic (exact) mass is 325 g/mol. The van der Waals surface area contributed by atoms with Crippen molar-refractivity contribution in [1.29, 1.82) is 0 Å². The second kappa shape index (κ2) is 6.83. The molecule has 0 radical (unpaired) electrons. The molecule has 3 rings (SSSR count). The van der Waals surface area contributed by atoms with Crippen molar-refractivity contribution in [2.75, 3.05) is 30.0 Å². The van der Waals surface area contributed by atoms with Crippen molar-refractivity contribution in [2.45, 2.75) is 33.7 Å². The van der Waals surface area contributed by atoms with Crippen molar-refractivity contribution in [1.82, 2.24) is 0 Å². The number of benzene rings is 2. The molecule has 4 nitrogen and oxygen atoms in total. The summed E-state index contributed by atoms with van der Waals surface area (Å²) in [7, 11) is 1.73. The Morgan fingerprint density at radius 2 is 1.67 bits per heavy atom. The van der Waals surface area contributed by atoms with E-state index in [2.05, 4.69) is 60.9 Å². The van der Waals surface area contributed by atoms with Crippen molar-refractivity contribution in [3.63, 3.8) is 0 Å². The van der Waals surface area contributed by atoms with Gasteiger partial charge in [0.1, 0.15) is 0 Å². The van der Waals surface area contributed by atoms with Gasteiger partial charge < -0.3 is 14.5 Å². The number of aryl methyl sites for hydroxylation is 3. The molecule has 1 saturated heterocycles. The molecular formula is C20H27N3O. The molecule has 0 aliphatic carbocycles. The zero-order valence-electron chi connectivity index (χ0n) is 15.0. The minimum atomic E-state index is -0.164. The topological polar surface area (TPSA) is 41.7 Å². The van der Waals surface area contributed by atoms with E-state index in [4.69, 9.17) is 10.5 Å². The first-order chi connectivity index (χ1) is 11.5. The van der Waals surface area contributed by atoms with Crippen LogP contribution in [-0.4, -0.2) is 26.5 Å². The summed E-state index contributed by atoms with van der Waals surface area (Å²) in [6, 6.07) is 12.8. The largest absolute Gasteiger partial charge is 0.380 e. The van der Waals surface area contributed by atoms with Crippen LogP contribution in [0.15, 0.2) is 36.4 Å². The number of methoxy groups -OCH3 is 1. The van der Waals surface area contributed by atoms with E-state index in [9.17, 15) is 0 Å². The van der Waals surface area contributed by atoms with Gasteiger partial charge in [-0.05, 0) is 38.0 Å². The summed E-state index contributed by atoms with van der Waals surface area (Å²) < 4.78 is 5.35.